The van der Waals surface area contributed by atoms with E-state index in [4.69, 9.17) is 0 Å². The second-order valence-corrected chi connectivity index (χ2v) is 5.84. The molecule has 0 fully saturated rings. The average molecular weight is 336 g/mol. The van der Waals surface area contributed by atoms with E-state index in [9.17, 15) is 4.79 Å². The van der Waals surface area contributed by atoms with Crippen molar-refractivity contribution in [2.75, 3.05) is 0 Å². The van der Waals surface area contributed by atoms with Gasteiger partial charge in [-0.1, -0.05) is 17.3 Å². The van der Waals surface area contributed by atoms with E-state index < -0.39 is 0 Å². The molecular formula is C16H12N6OS. The van der Waals surface area contributed by atoms with E-state index in [1.807, 2.05) is 41.1 Å². The van der Waals surface area contributed by atoms with Crippen molar-refractivity contribution in [1.29, 1.82) is 0 Å². The van der Waals surface area contributed by atoms with Gasteiger partial charge in [0.05, 0.1) is 35.7 Å². The molecule has 1 aromatic carbocycles. The number of benzene rings is 1. The van der Waals surface area contributed by atoms with Gasteiger partial charge in [0.25, 0.3) is 5.91 Å². The maximum Gasteiger partial charge on any atom is 0.271 e. The fourth-order valence-corrected chi connectivity index (χ4v) is 2.84. The first kappa shape index (κ1) is 14.5. The molecule has 0 radical (unpaired) electrons. The van der Waals surface area contributed by atoms with Crippen molar-refractivity contribution >= 4 is 28.3 Å². The van der Waals surface area contributed by atoms with Gasteiger partial charge in [0.1, 0.15) is 11.4 Å². The van der Waals surface area contributed by atoms with E-state index in [1.165, 1.54) is 6.20 Å². The Hall–Kier alpha value is -3.13. The summed E-state index contributed by atoms with van der Waals surface area (Å²) in [4.78, 5) is 20.8. The smallest absolute Gasteiger partial charge is 0.271 e. The number of rotatable bonds is 4. The summed E-state index contributed by atoms with van der Waals surface area (Å²) < 4.78 is 1.67. The van der Waals surface area contributed by atoms with Crippen LogP contribution in [0.1, 0.15) is 16.2 Å². The topological polar surface area (TPSA) is 85.6 Å². The van der Waals surface area contributed by atoms with Gasteiger partial charge in [-0.25, -0.2) is 9.67 Å². The minimum absolute atomic E-state index is 0.275. The first-order valence-corrected chi connectivity index (χ1v) is 8.18. The summed E-state index contributed by atoms with van der Waals surface area (Å²) in [5.74, 6) is -0.293. The summed E-state index contributed by atoms with van der Waals surface area (Å²) in [7, 11) is 0. The van der Waals surface area contributed by atoms with Gasteiger partial charge in [0, 0.05) is 5.38 Å². The van der Waals surface area contributed by atoms with Crippen molar-refractivity contribution in [2.45, 2.75) is 6.54 Å². The van der Waals surface area contributed by atoms with Gasteiger partial charge in [-0.15, -0.1) is 5.10 Å². The van der Waals surface area contributed by atoms with Gasteiger partial charge in [0.15, 0.2) is 0 Å². The van der Waals surface area contributed by atoms with Crippen LogP contribution in [0.15, 0.2) is 53.5 Å². The Kier molecular flexibility index (Phi) is 3.72. The van der Waals surface area contributed by atoms with Crippen LogP contribution in [0.5, 0.6) is 0 Å². The molecule has 0 spiro atoms. The van der Waals surface area contributed by atoms with E-state index in [0.29, 0.717) is 11.2 Å². The Morgan fingerprint density at radius 2 is 2.08 bits per heavy atom. The molecule has 24 heavy (non-hydrogen) atoms. The Balaban J connectivity index is 1.46. The third kappa shape index (κ3) is 2.86. The molecule has 0 unspecified atom stereocenters. The lowest BCUT2D eigenvalue weighted by atomic mass is 10.3. The Bertz CT molecular complexity index is 995. The zero-order valence-corrected chi connectivity index (χ0v) is 13.3. The molecule has 7 nitrogen and oxygen atoms in total. The van der Waals surface area contributed by atoms with Crippen molar-refractivity contribution in [3.63, 3.8) is 0 Å². The Morgan fingerprint density at radius 1 is 1.21 bits per heavy atom. The van der Waals surface area contributed by atoms with Gasteiger partial charge in [-0.3, -0.25) is 9.78 Å². The number of nitrogens with one attached hydrogen (secondary N) is 1. The molecule has 0 aliphatic carbocycles. The van der Waals surface area contributed by atoms with E-state index >= 15 is 0 Å². The highest BCUT2D eigenvalue weighted by atomic mass is 32.1. The number of fused-ring (bicyclic) bond motifs is 1. The molecule has 3 aromatic heterocycles. The second kappa shape index (κ2) is 6.17. The lowest BCUT2D eigenvalue weighted by Crippen LogP contribution is -2.24. The summed E-state index contributed by atoms with van der Waals surface area (Å²) in [5, 5.41) is 14.8. The zero-order valence-electron chi connectivity index (χ0n) is 12.5. The number of hydrogen-bond donors (Lipinski definition) is 1. The minimum atomic E-state index is -0.293. The van der Waals surface area contributed by atoms with Crippen molar-refractivity contribution in [3.05, 3.63) is 64.9 Å². The maximum absolute atomic E-state index is 12.2. The number of aromatic nitrogens is 5. The number of para-hydroxylation sites is 2. The number of amides is 1. The summed E-state index contributed by atoms with van der Waals surface area (Å²) in [6.45, 7) is 0.275. The molecule has 0 saturated carbocycles. The highest BCUT2D eigenvalue weighted by Crippen LogP contribution is 2.11. The van der Waals surface area contributed by atoms with E-state index in [-0.39, 0.29) is 18.1 Å². The van der Waals surface area contributed by atoms with Crippen LogP contribution in [0.25, 0.3) is 16.7 Å². The fraction of sp³-hybridized carbons (Fsp3) is 0.0625. The molecule has 8 heteroatoms. The van der Waals surface area contributed by atoms with E-state index in [1.54, 1.807) is 22.2 Å². The third-order valence-electron chi connectivity index (χ3n) is 3.42. The molecule has 0 bridgehead atoms. The SMILES string of the molecule is O=C(NCc1cn(-c2ccsc2)nn1)c1cnc2ccccc2n1. The van der Waals surface area contributed by atoms with Gasteiger partial charge in [0.2, 0.25) is 0 Å². The molecule has 0 aliphatic rings. The molecule has 118 valence electrons. The third-order valence-corrected chi connectivity index (χ3v) is 4.09. The molecule has 3 heterocycles. The summed E-state index contributed by atoms with van der Waals surface area (Å²) in [5.41, 5.74) is 3.34. The van der Waals surface area contributed by atoms with E-state index in [2.05, 4.69) is 25.6 Å². The number of carbonyl (C=O) groups is 1. The van der Waals surface area contributed by atoms with Crippen LogP contribution in [-0.4, -0.2) is 30.9 Å². The van der Waals surface area contributed by atoms with Crippen molar-refractivity contribution < 1.29 is 4.79 Å². The monoisotopic (exact) mass is 336 g/mol. The maximum atomic E-state index is 12.2. The molecule has 4 rings (SSSR count). The Labute approximate surface area is 141 Å². The lowest BCUT2D eigenvalue weighted by Gasteiger charge is -2.03. The van der Waals surface area contributed by atoms with Gasteiger partial charge < -0.3 is 5.32 Å². The largest absolute Gasteiger partial charge is 0.345 e. The standard InChI is InChI=1S/C16H12N6OS/c23-16(15-8-17-13-3-1-2-4-14(13)19-15)18-7-11-9-22(21-20-11)12-5-6-24-10-12/h1-6,8-10H,7H2,(H,18,23). The van der Waals surface area contributed by atoms with Crippen LogP contribution in [0, 0.1) is 0 Å². The quantitative estimate of drug-likeness (QED) is 0.617. The molecular weight excluding hydrogens is 324 g/mol. The van der Waals surface area contributed by atoms with Crippen LogP contribution >= 0.6 is 11.3 Å². The fourth-order valence-electron chi connectivity index (χ4n) is 2.22. The number of nitrogens with zero attached hydrogens (tertiary/aromatic N) is 5. The zero-order chi connectivity index (χ0) is 16.4. The summed E-state index contributed by atoms with van der Waals surface area (Å²) in [6.07, 6.45) is 3.26. The average Bonchev–Trinajstić information content (AvgIpc) is 3.30. The summed E-state index contributed by atoms with van der Waals surface area (Å²) >= 11 is 1.59. The normalized spacial score (nSPS) is 10.8. The van der Waals surface area contributed by atoms with Crippen LogP contribution in [0.2, 0.25) is 0 Å². The first-order valence-electron chi connectivity index (χ1n) is 7.23. The minimum Gasteiger partial charge on any atom is -0.345 e. The predicted molar refractivity (Wildman–Crippen MR) is 89.9 cm³/mol. The van der Waals surface area contributed by atoms with Crippen LogP contribution in [0.4, 0.5) is 0 Å². The van der Waals surface area contributed by atoms with Crippen LogP contribution < -0.4 is 5.32 Å². The molecule has 0 saturated heterocycles. The van der Waals surface area contributed by atoms with Crippen LogP contribution in [-0.2, 0) is 6.54 Å². The van der Waals surface area contributed by atoms with Gasteiger partial charge in [-0.2, -0.15) is 11.3 Å². The highest BCUT2D eigenvalue weighted by Gasteiger charge is 2.10. The highest BCUT2D eigenvalue weighted by molar-refractivity contribution is 7.08. The predicted octanol–water partition coefficient (Wildman–Crippen LogP) is 2.20. The second-order valence-electron chi connectivity index (χ2n) is 5.06. The van der Waals surface area contributed by atoms with Gasteiger partial charge >= 0.3 is 0 Å². The van der Waals surface area contributed by atoms with Crippen molar-refractivity contribution in [2.24, 2.45) is 0 Å². The summed E-state index contributed by atoms with van der Waals surface area (Å²) in [6, 6.07) is 9.37. The first-order chi connectivity index (χ1) is 11.8. The van der Waals surface area contributed by atoms with Crippen molar-refractivity contribution in [1.82, 2.24) is 30.3 Å². The molecule has 1 amide bonds. The lowest BCUT2D eigenvalue weighted by molar-refractivity contribution is 0.0945. The number of hydrogen-bond acceptors (Lipinski definition) is 6. The number of thiophene rings is 1. The number of carbonyl (C=O) groups excluding carboxylic acids is 1. The van der Waals surface area contributed by atoms with Crippen LogP contribution in [0.3, 0.4) is 0 Å². The van der Waals surface area contributed by atoms with E-state index in [0.717, 1.165) is 11.2 Å². The molecule has 0 aliphatic heterocycles. The molecule has 0 atom stereocenters. The Morgan fingerprint density at radius 3 is 2.92 bits per heavy atom. The molecule has 4 aromatic rings. The van der Waals surface area contributed by atoms with Gasteiger partial charge in [-0.05, 0) is 23.6 Å². The molecule has 1 N–H and O–H groups in total. The van der Waals surface area contributed by atoms with Crippen molar-refractivity contribution in [3.8, 4) is 5.69 Å².